The van der Waals surface area contributed by atoms with E-state index in [-0.39, 0.29) is 12.0 Å². The molecule has 0 amide bonds. The highest BCUT2D eigenvalue weighted by Crippen LogP contribution is 2.31. The van der Waals surface area contributed by atoms with Gasteiger partial charge < -0.3 is 9.67 Å². The molecule has 0 aliphatic heterocycles. The second-order valence-electron chi connectivity index (χ2n) is 6.73. The Labute approximate surface area is 140 Å². The zero-order valence-corrected chi connectivity index (χ0v) is 14.5. The number of imidazole rings is 1. The van der Waals surface area contributed by atoms with Gasteiger partial charge in [0.25, 0.3) is 0 Å². The smallest absolute Gasteiger partial charge is 0.159 e. The van der Waals surface area contributed by atoms with Gasteiger partial charge in [0.1, 0.15) is 5.69 Å². The van der Waals surface area contributed by atoms with Crippen molar-refractivity contribution in [2.45, 2.75) is 32.8 Å². The Morgan fingerprint density at radius 2 is 1.96 bits per heavy atom. The summed E-state index contributed by atoms with van der Waals surface area (Å²) in [6.45, 7) is 6.37. The van der Waals surface area contributed by atoms with Crippen LogP contribution in [0.15, 0.2) is 30.5 Å². The summed E-state index contributed by atoms with van der Waals surface area (Å²) in [4.78, 5) is 9.12. The number of aryl methyl sites for hydroxylation is 1. The molecular formula is C18H20ClN3O. The zero-order valence-electron chi connectivity index (χ0n) is 13.8. The lowest BCUT2D eigenvalue weighted by Gasteiger charge is -2.18. The third-order valence-corrected chi connectivity index (χ3v) is 4.47. The molecule has 3 aromatic rings. The van der Waals surface area contributed by atoms with E-state index in [0.717, 1.165) is 11.0 Å². The van der Waals surface area contributed by atoms with E-state index in [1.54, 1.807) is 12.3 Å². The number of hydrogen-bond donors (Lipinski definition) is 1. The first kappa shape index (κ1) is 16.0. The van der Waals surface area contributed by atoms with Crippen LogP contribution in [0.5, 0.6) is 0 Å². The minimum absolute atomic E-state index is 0.0659. The molecule has 0 radical (unpaired) electrons. The Hall–Kier alpha value is -1.91. The molecule has 0 spiro atoms. The molecule has 2 heterocycles. The minimum atomic E-state index is -0.168. The maximum absolute atomic E-state index is 9.62. The number of rotatable bonds is 2. The number of aliphatic hydroxyl groups is 1. The van der Waals surface area contributed by atoms with Gasteiger partial charge in [0, 0.05) is 23.8 Å². The summed E-state index contributed by atoms with van der Waals surface area (Å²) >= 11 is 6.18. The van der Waals surface area contributed by atoms with Crippen molar-refractivity contribution in [3.8, 4) is 11.5 Å². The number of halogens is 1. The fourth-order valence-electron chi connectivity index (χ4n) is 2.69. The van der Waals surface area contributed by atoms with Crippen LogP contribution in [0.1, 0.15) is 31.9 Å². The van der Waals surface area contributed by atoms with E-state index in [4.69, 9.17) is 16.6 Å². The number of pyridine rings is 1. The number of fused-ring (bicyclic) bond motifs is 1. The Bertz CT molecular complexity index is 878. The van der Waals surface area contributed by atoms with Crippen LogP contribution in [0.2, 0.25) is 5.02 Å². The van der Waals surface area contributed by atoms with Gasteiger partial charge in [0.15, 0.2) is 5.82 Å². The summed E-state index contributed by atoms with van der Waals surface area (Å²) in [6.07, 6.45) is 1.64. The summed E-state index contributed by atoms with van der Waals surface area (Å²) in [5.74, 6) is 0.706. The third-order valence-electron chi connectivity index (χ3n) is 4.12. The molecular weight excluding hydrogens is 310 g/mol. The molecule has 0 fully saturated rings. The van der Waals surface area contributed by atoms with Crippen LogP contribution >= 0.6 is 11.6 Å². The summed E-state index contributed by atoms with van der Waals surface area (Å²) in [5.41, 5.74) is 4.46. The van der Waals surface area contributed by atoms with Crippen LogP contribution in [-0.2, 0) is 19.1 Å². The fraction of sp³-hybridized carbons (Fsp3) is 0.333. The van der Waals surface area contributed by atoms with Crippen LogP contribution in [0.25, 0.3) is 22.6 Å². The predicted octanol–water partition coefficient (Wildman–Crippen LogP) is 4.08. The van der Waals surface area contributed by atoms with E-state index >= 15 is 0 Å². The zero-order chi connectivity index (χ0) is 16.8. The molecule has 120 valence electrons. The third kappa shape index (κ3) is 2.73. The van der Waals surface area contributed by atoms with Crippen LogP contribution < -0.4 is 0 Å². The lowest BCUT2D eigenvalue weighted by atomic mass is 9.87. The number of benzene rings is 1. The number of aliphatic hydroxyl groups excluding tert-OH is 1. The van der Waals surface area contributed by atoms with Crippen LogP contribution in [0.3, 0.4) is 0 Å². The van der Waals surface area contributed by atoms with Gasteiger partial charge in [0.2, 0.25) is 0 Å². The molecule has 1 aromatic carbocycles. The van der Waals surface area contributed by atoms with Gasteiger partial charge in [-0.05, 0) is 29.2 Å². The summed E-state index contributed by atoms with van der Waals surface area (Å²) < 4.78 is 1.99. The van der Waals surface area contributed by atoms with Gasteiger partial charge in [-0.2, -0.15) is 0 Å². The number of hydrogen-bond acceptors (Lipinski definition) is 3. The Morgan fingerprint density at radius 1 is 1.22 bits per heavy atom. The van der Waals surface area contributed by atoms with Gasteiger partial charge in [-0.25, -0.2) is 4.98 Å². The first-order valence-corrected chi connectivity index (χ1v) is 7.92. The summed E-state index contributed by atoms with van der Waals surface area (Å²) in [6, 6.07) is 8.00. The maximum atomic E-state index is 9.62. The molecule has 1 N–H and O–H groups in total. The molecule has 0 bridgehead atoms. The SMILES string of the molecule is Cn1c(-c2nccc(Cl)c2CO)nc2cc(C(C)(C)C)ccc21. The van der Waals surface area contributed by atoms with Gasteiger partial charge in [-0.1, -0.05) is 38.4 Å². The van der Waals surface area contributed by atoms with Gasteiger partial charge in [0.05, 0.1) is 17.6 Å². The Kier molecular flexibility index (Phi) is 3.90. The van der Waals surface area contributed by atoms with Crippen molar-refractivity contribution in [3.63, 3.8) is 0 Å². The normalized spacial score (nSPS) is 12.1. The van der Waals surface area contributed by atoms with Crippen molar-refractivity contribution >= 4 is 22.6 Å². The molecule has 4 nitrogen and oxygen atoms in total. The average Bonchev–Trinajstić information content (AvgIpc) is 2.82. The molecule has 0 atom stereocenters. The highest BCUT2D eigenvalue weighted by atomic mass is 35.5. The van der Waals surface area contributed by atoms with Crippen LogP contribution in [0.4, 0.5) is 0 Å². The van der Waals surface area contributed by atoms with E-state index in [2.05, 4.69) is 44.0 Å². The van der Waals surface area contributed by atoms with Gasteiger partial charge in [-0.3, -0.25) is 4.98 Å². The second-order valence-corrected chi connectivity index (χ2v) is 7.13. The lowest BCUT2D eigenvalue weighted by molar-refractivity contribution is 0.282. The van der Waals surface area contributed by atoms with E-state index in [0.29, 0.717) is 22.1 Å². The summed E-state index contributed by atoms with van der Waals surface area (Å²) in [5, 5.41) is 10.1. The molecule has 3 rings (SSSR count). The fourth-order valence-corrected chi connectivity index (χ4v) is 2.90. The van der Waals surface area contributed by atoms with Crippen molar-refractivity contribution in [3.05, 3.63) is 46.6 Å². The first-order chi connectivity index (χ1) is 10.8. The van der Waals surface area contributed by atoms with Crippen molar-refractivity contribution in [1.29, 1.82) is 0 Å². The maximum Gasteiger partial charge on any atom is 0.159 e. The average molecular weight is 330 g/mol. The molecule has 2 aromatic heterocycles. The Morgan fingerprint density at radius 3 is 2.61 bits per heavy atom. The molecule has 23 heavy (non-hydrogen) atoms. The van der Waals surface area contributed by atoms with Gasteiger partial charge >= 0.3 is 0 Å². The molecule has 0 aliphatic rings. The monoisotopic (exact) mass is 329 g/mol. The standard InChI is InChI=1S/C18H20ClN3O/c1-18(2,3)11-5-6-15-14(9-11)21-17(22(15)4)16-12(10-23)13(19)7-8-20-16/h5-9,23H,10H2,1-4H3. The molecule has 5 heteroatoms. The first-order valence-electron chi connectivity index (χ1n) is 7.54. The van der Waals surface area contributed by atoms with Gasteiger partial charge in [-0.15, -0.1) is 0 Å². The Balaban J connectivity index is 2.24. The largest absolute Gasteiger partial charge is 0.392 e. The molecule has 0 saturated carbocycles. The minimum Gasteiger partial charge on any atom is -0.392 e. The highest BCUT2D eigenvalue weighted by molar-refractivity contribution is 6.31. The number of aromatic nitrogens is 3. The van der Waals surface area contributed by atoms with Crippen LogP contribution in [0, 0.1) is 0 Å². The number of nitrogens with zero attached hydrogens (tertiary/aromatic N) is 3. The molecule has 0 unspecified atom stereocenters. The second kappa shape index (κ2) is 5.62. The lowest BCUT2D eigenvalue weighted by Crippen LogP contribution is -2.10. The van der Waals surface area contributed by atoms with Crippen molar-refractivity contribution in [1.82, 2.24) is 14.5 Å². The topological polar surface area (TPSA) is 50.9 Å². The highest BCUT2D eigenvalue weighted by Gasteiger charge is 2.19. The van der Waals surface area contributed by atoms with E-state index in [1.165, 1.54) is 5.56 Å². The van der Waals surface area contributed by atoms with Crippen molar-refractivity contribution in [2.24, 2.45) is 7.05 Å². The summed E-state index contributed by atoms with van der Waals surface area (Å²) in [7, 11) is 1.95. The van der Waals surface area contributed by atoms with E-state index < -0.39 is 0 Å². The predicted molar refractivity (Wildman–Crippen MR) is 93.6 cm³/mol. The van der Waals surface area contributed by atoms with E-state index in [1.807, 2.05) is 11.6 Å². The van der Waals surface area contributed by atoms with Crippen molar-refractivity contribution < 1.29 is 5.11 Å². The van der Waals surface area contributed by atoms with Crippen molar-refractivity contribution in [2.75, 3.05) is 0 Å². The quantitative estimate of drug-likeness (QED) is 0.770. The van der Waals surface area contributed by atoms with Crippen LogP contribution in [-0.4, -0.2) is 19.6 Å². The van der Waals surface area contributed by atoms with E-state index in [9.17, 15) is 5.11 Å². The molecule has 0 aliphatic carbocycles. The molecule has 0 saturated heterocycles.